The lowest BCUT2D eigenvalue weighted by molar-refractivity contribution is -0.358. The molecule has 4 heterocycles. The van der Waals surface area contributed by atoms with E-state index in [0.29, 0.717) is 5.56 Å². The molecule has 24 heteroatoms. The number of aliphatic hydroxyl groups excluding tert-OH is 10. The Labute approximate surface area is 377 Å². The molecule has 0 spiro atoms. The van der Waals surface area contributed by atoms with Gasteiger partial charge in [0.05, 0.1) is 26.9 Å². The number of carbonyl (C=O) groups excluding carboxylic acids is 1. The van der Waals surface area contributed by atoms with E-state index in [1.807, 2.05) is 0 Å². The molecule has 0 unspecified atom stereocenters. The number of benzene rings is 3. The van der Waals surface area contributed by atoms with Gasteiger partial charge in [-0.2, -0.15) is 0 Å². The first-order valence-corrected chi connectivity index (χ1v) is 20.4. The standard InChI is InChI=1S/C43H48O24/c1-59-22-10-16(2-8-20(22)48)3-9-27(50)65-39-34(56)30(52)25(14-45)63-42(39)60-19-11-21(49)28-23(12-19)61-37(17-4-6-18(47)7-5-17)38(32(28)54)66-43-40(35(57)31(53)26(15-46)64-43)67-41-36(58)33(55)29(51)24(13-44)62-41/h2-12,24-26,29-31,33-36,39-49,51-53,55-58H,13-15H2,1H3/t24-,25-,26-,29-,30-,31-,33+,34+,35+,36-,39-,40-,41+,42-,43+/m1/s1. The second kappa shape index (κ2) is 20.7. The van der Waals surface area contributed by atoms with Crippen LogP contribution in [0.25, 0.3) is 28.4 Å². The summed E-state index contributed by atoms with van der Waals surface area (Å²) >= 11 is 0. The van der Waals surface area contributed by atoms with Crippen LogP contribution in [0.2, 0.25) is 0 Å². The highest BCUT2D eigenvalue weighted by Crippen LogP contribution is 2.40. The largest absolute Gasteiger partial charge is 0.508 e. The van der Waals surface area contributed by atoms with E-state index in [1.165, 1.54) is 55.7 Å². The smallest absolute Gasteiger partial charge is 0.331 e. The molecule has 7 rings (SSSR count). The molecule has 0 radical (unpaired) electrons. The maximum atomic E-state index is 14.5. The summed E-state index contributed by atoms with van der Waals surface area (Å²) in [4.78, 5) is 27.5. The van der Waals surface area contributed by atoms with Crippen LogP contribution < -0.4 is 19.6 Å². The minimum absolute atomic E-state index is 0.0309. The lowest BCUT2D eigenvalue weighted by atomic mass is 9.97. The average Bonchev–Trinajstić information content (AvgIpc) is 3.31. The number of methoxy groups -OCH3 is 1. The topological polar surface area (TPSA) is 384 Å². The molecule has 0 aliphatic carbocycles. The van der Waals surface area contributed by atoms with Crippen molar-refractivity contribution in [3.8, 4) is 45.8 Å². The highest BCUT2D eigenvalue weighted by atomic mass is 16.8. The molecule has 13 N–H and O–H groups in total. The van der Waals surface area contributed by atoms with Gasteiger partial charge in [-0.15, -0.1) is 0 Å². The average molecular weight is 949 g/mol. The number of ether oxygens (including phenoxy) is 8. The third-order valence-corrected chi connectivity index (χ3v) is 11.2. The molecule has 3 aromatic carbocycles. The minimum Gasteiger partial charge on any atom is -0.508 e. The SMILES string of the molecule is COc1cc(C=CC(=O)O[C@H]2[C@H](Oc3cc(O)c4c(=O)c(O[C@@H]5O[C@H](CO)[C@@H](O)[C@H](O)[C@H]5O[C@@H]5O[C@H](CO)[C@@H](O)[C@H](O)[C@H]5O)c(-c5ccc(O)cc5)oc4c3)O[C@H](CO)[C@@H](O)[C@@H]2O)ccc1O. The molecule has 3 fully saturated rings. The zero-order chi connectivity index (χ0) is 48.4. The fourth-order valence-electron chi connectivity index (χ4n) is 7.53. The van der Waals surface area contributed by atoms with Gasteiger partial charge >= 0.3 is 5.97 Å². The van der Waals surface area contributed by atoms with E-state index < -0.39 is 152 Å². The van der Waals surface area contributed by atoms with E-state index in [2.05, 4.69) is 0 Å². The van der Waals surface area contributed by atoms with Crippen molar-refractivity contribution in [2.75, 3.05) is 26.9 Å². The molecule has 67 heavy (non-hydrogen) atoms. The first-order valence-electron chi connectivity index (χ1n) is 20.4. The number of fused-ring (bicyclic) bond motifs is 1. The third-order valence-electron chi connectivity index (χ3n) is 11.2. The Balaban J connectivity index is 1.24. The lowest BCUT2D eigenvalue weighted by Gasteiger charge is -2.45. The van der Waals surface area contributed by atoms with Gasteiger partial charge in [-0.25, -0.2) is 4.79 Å². The van der Waals surface area contributed by atoms with Gasteiger partial charge in [0, 0.05) is 23.8 Å². The maximum absolute atomic E-state index is 14.5. The number of hydrogen-bond donors (Lipinski definition) is 13. The first kappa shape index (κ1) is 49.2. The van der Waals surface area contributed by atoms with E-state index in [9.17, 15) is 76.0 Å². The Kier molecular flexibility index (Phi) is 15.2. The van der Waals surface area contributed by atoms with Gasteiger partial charge < -0.3 is 109 Å². The van der Waals surface area contributed by atoms with Crippen LogP contribution in [0, 0.1) is 0 Å². The van der Waals surface area contributed by atoms with E-state index in [0.717, 1.165) is 18.2 Å². The molecule has 0 saturated carbocycles. The van der Waals surface area contributed by atoms with Crippen LogP contribution in [0.4, 0.5) is 0 Å². The fraction of sp³-hybridized carbons (Fsp3) is 0.442. The normalized spacial score (nSPS) is 32.3. The number of aliphatic hydroxyl groups is 10. The maximum Gasteiger partial charge on any atom is 0.331 e. The van der Waals surface area contributed by atoms with Crippen molar-refractivity contribution in [1.29, 1.82) is 0 Å². The number of esters is 1. The van der Waals surface area contributed by atoms with Crippen molar-refractivity contribution in [3.05, 3.63) is 76.5 Å². The van der Waals surface area contributed by atoms with Gasteiger partial charge in [-0.05, 0) is 48.0 Å². The van der Waals surface area contributed by atoms with Gasteiger partial charge in [0.2, 0.25) is 23.8 Å². The Bertz CT molecular complexity index is 2440. The number of carbonyl (C=O) groups is 1. The van der Waals surface area contributed by atoms with Crippen LogP contribution >= 0.6 is 0 Å². The number of hydrogen-bond acceptors (Lipinski definition) is 24. The van der Waals surface area contributed by atoms with Gasteiger partial charge in [-0.3, -0.25) is 4.79 Å². The van der Waals surface area contributed by atoms with Gasteiger partial charge in [-0.1, -0.05) is 6.07 Å². The lowest BCUT2D eigenvalue weighted by Crippen LogP contribution is -2.65. The fourth-order valence-corrected chi connectivity index (χ4v) is 7.53. The molecule has 3 saturated heterocycles. The Morgan fingerprint density at radius 3 is 1.85 bits per heavy atom. The molecule has 364 valence electrons. The van der Waals surface area contributed by atoms with Crippen LogP contribution in [-0.4, -0.2) is 191 Å². The number of rotatable bonds is 14. The minimum atomic E-state index is -2.05. The summed E-state index contributed by atoms with van der Waals surface area (Å²) in [6.07, 6.45) is -25.3. The molecule has 3 aliphatic rings. The van der Waals surface area contributed by atoms with Gasteiger partial charge in [0.25, 0.3) is 0 Å². The van der Waals surface area contributed by atoms with Crippen LogP contribution in [0.15, 0.2) is 69.9 Å². The molecule has 0 amide bonds. The van der Waals surface area contributed by atoms with Crippen molar-refractivity contribution in [1.82, 2.24) is 0 Å². The molecule has 24 nitrogen and oxygen atoms in total. The van der Waals surface area contributed by atoms with Crippen molar-refractivity contribution in [2.45, 2.75) is 92.1 Å². The second-order valence-corrected chi connectivity index (χ2v) is 15.6. The van der Waals surface area contributed by atoms with Crippen LogP contribution in [0.1, 0.15) is 5.56 Å². The number of phenolic OH excluding ortho intramolecular Hbond substituents is 3. The quantitative estimate of drug-likeness (QED) is 0.0443. The summed E-state index contributed by atoms with van der Waals surface area (Å²) in [7, 11) is 1.32. The zero-order valence-electron chi connectivity index (χ0n) is 34.9. The van der Waals surface area contributed by atoms with Crippen molar-refractivity contribution in [2.24, 2.45) is 0 Å². The predicted octanol–water partition coefficient (Wildman–Crippen LogP) is -2.97. The predicted molar refractivity (Wildman–Crippen MR) is 220 cm³/mol. The van der Waals surface area contributed by atoms with Crippen LogP contribution in [0.5, 0.6) is 34.5 Å². The van der Waals surface area contributed by atoms with E-state index in [4.69, 9.17) is 42.3 Å². The molecule has 0 bridgehead atoms. The summed E-state index contributed by atoms with van der Waals surface area (Å²) < 4.78 is 51.1. The molecule has 3 aliphatic heterocycles. The van der Waals surface area contributed by atoms with Crippen molar-refractivity contribution in [3.63, 3.8) is 0 Å². The molecular weight excluding hydrogens is 900 g/mol. The zero-order valence-corrected chi connectivity index (χ0v) is 34.9. The summed E-state index contributed by atoms with van der Waals surface area (Å²) in [5.74, 6) is -3.76. The van der Waals surface area contributed by atoms with Crippen LogP contribution in [-0.2, 0) is 28.5 Å². The molecule has 1 aromatic heterocycles. The van der Waals surface area contributed by atoms with Crippen molar-refractivity contribution < 1.29 is 113 Å². The van der Waals surface area contributed by atoms with Gasteiger partial charge in [0.15, 0.2) is 35.8 Å². The van der Waals surface area contributed by atoms with E-state index in [-0.39, 0.29) is 28.6 Å². The third kappa shape index (κ3) is 10.1. The summed E-state index contributed by atoms with van der Waals surface area (Å²) in [5.41, 5.74) is -1.13. The van der Waals surface area contributed by atoms with E-state index in [1.54, 1.807) is 0 Å². The summed E-state index contributed by atoms with van der Waals surface area (Å²) in [6, 6.07) is 11.1. The first-order chi connectivity index (χ1) is 32.0. The molecule has 4 aromatic rings. The highest BCUT2D eigenvalue weighted by Gasteiger charge is 2.52. The number of phenols is 3. The van der Waals surface area contributed by atoms with Gasteiger partial charge in [0.1, 0.15) is 89.3 Å². The summed E-state index contributed by atoms with van der Waals surface area (Å²) in [5, 5.41) is 135. The Morgan fingerprint density at radius 1 is 0.657 bits per heavy atom. The van der Waals surface area contributed by atoms with Crippen molar-refractivity contribution >= 4 is 23.0 Å². The van der Waals surface area contributed by atoms with E-state index >= 15 is 0 Å². The summed E-state index contributed by atoms with van der Waals surface area (Å²) in [6.45, 7) is -2.62. The second-order valence-electron chi connectivity index (χ2n) is 15.6. The Morgan fingerprint density at radius 2 is 1.24 bits per heavy atom. The van der Waals surface area contributed by atoms with Crippen LogP contribution in [0.3, 0.4) is 0 Å². The Hall–Kier alpha value is -5.68. The molecule has 15 atom stereocenters. The molecular formula is C43H48O24. The monoisotopic (exact) mass is 948 g/mol. The highest BCUT2D eigenvalue weighted by molar-refractivity contribution is 5.89. The number of aromatic hydroxyl groups is 3.